The van der Waals surface area contributed by atoms with Crippen LogP contribution < -0.4 is 25.0 Å². The fourth-order valence-corrected chi connectivity index (χ4v) is 5.58. The fraction of sp³-hybridized carbons (Fsp3) is 0.231. The fourth-order valence-electron chi connectivity index (χ4n) is 4.77. The Morgan fingerprint density at radius 1 is 1.20 bits per heavy atom. The van der Waals surface area contributed by atoms with Crippen molar-refractivity contribution >= 4 is 62.1 Å². The highest BCUT2D eigenvalue weighted by Crippen LogP contribution is 2.52. The van der Waals surface area contributed by atoms with Gasteiger partial charge in [-0.1, -0.05) is 39.7 Å². The topological polar surface area (TPSA) is 62.8 Å². The summed E-state index contributed by atoms with van der Waals surface area (Å²) in [6, 6.07) is 20.0. The van der Waals surface area contributed by atoms with Gasteiger partial charge in [-0.15, -0.1) is 0 Å². The molecule has 5 rings (SSSR count). The molecule has 3 atom stereocenters. The number of nitrogens with zero attached hydrogens (tertiary/aromatic N) is 1. The van der Waals surface area contributed by atoms with Crippen LogP contribution >= 0.6 is 39.7 Å². The standard InChI is InChI=1S/C26H23BrClN3O3S/c1-3-33-20-6-4-5-19-22-21(24(32)29-17-11-9-16(28)10-12-17)26(2,34-23(19)20)31(25(35)30-22)18-13-7-15(27)8-14-18/h4-14,21-22H,3H2,1-2H3,(H,29,32)(H,30,35)/t21-,22-,26-/m1/s1. The second kappa shape index (κ2) is 9.33. The molecule has 2 heterocycles. The molecule has 2 N–H and O–H groups in total. The molecule has 0 aromatic heterocycles. The molecule has 9 heteroatoms. The largest absolute Gasteiger partial charge is 0.490 e. The van der Waals surface area contributed by atoms with Crippen molar-refractivity contribution in [1.82, 2.24) is 5.32 Å². The number of nitrogens with one attached hydrogen (secondary N) is 2. The van der Waals surface area contributed by atoms with Crippen molar-refractivity contribution in [2.45, 2.75) is 25.6 Å². The van der Waals surface area contributed by atoms with Crippen molar-refractivity contribution in [1.29, 1.82) is 0 Å². The molecule has 0 aliphatic carbocycles. The minimum Gasteiger partial charge on any atom is -0.490 e. The lowest BCUT2D eigenvalue weighted by atomic mass is 9.78. The molecule has 180 valence electrons. The van der Waals surface area contributed by atoms with E-state index in [-0.39, 0.29) is 5.91 Å². The summed E-state index contributed by atoms with van der Waals surface area (Å²) in [4.78, 5) is 15.7. The normalized spacial score (nSPS) is 22.5. The van der Waals surface area contributed by atoms with Crippen molar-refractivity contribution < 1.29 is 14.3 Å². The summed E-state index contributed by atoms with van der Waals surface area (Å²) in [5, 5.41) is 7.52. The Bertz CT molecular complexity index is 1290. The van der Waals surface area contributed by atoms with Gasteiger partial charge < -0.3 is 20.1 Å². The summed E-state index contributed by atoms with van der Waals surface area (Å²) in [6.45, 7) is 4.31. The maximum Gasteiger partial charge on any atom is 0.236 e. The van der Waals surface area contributed by atoms with Crippen LogP contribution in [0.2, 0.25) is 5.02 Å². The first kappa shape index (κ1) is 23.9. The summed E-state index contributed by atoms with van der Waals surface area (Å²) in [5.74, 6) is 0.375. The van der Waals surface area contributed by atoms with Gasteiger partial charge in [-0.3, -0.25) is 9.69 Å². The second-order valence-electron chi connectivity index (χ2n) is 8.48. The molecule has 3 aromatic carbocycles. The Kier molecular flexibility index (Phi) is 6.38. The van der Waals surface area contributed by atoms with Crippen LogP contribution in [0, 0.1) is 5.92 Å². The van der Waals surface area contributed by atoms with Crippen LogP contribution in [-0.4, -0.2) is 23.4 Å². The molecule has 6 nitrogen and oxygen atoms in total. The van der Waals surface area contributed by atoms with Gasteiger partial charge in [0.25, 0.3) is 0 Å². The molecule has 0 spiro atoms. The molecular formula is C26H23BrClN3O3S. The Labute approximate surface area is 222 Å². The van der Waals surface area contributed by atoms with Crippen LogP contribution in [-0.2, 0) is 4.79 Å². The number of carbonyl (C=O) groups is 1. The maximum absolute atomic E-state index is 13.9. The average molecular weight is 573 g/mol. The number of hydrogen-bond acceptors (Lipinski definition) is 4. The van der Waals surface area contributed by atoms with Gasteiger partial charge >= 0.3 is 0 Å². The lowest BCUT2D eigenvalue weighted by Crippen LogP contribution is -2.72. The van der Waals surface area contributed by atoms with Crippen molar-refractivity contribution in [2.75, 3.05) is 16.8 Å². The molecule has 1 saturated heterocycles. The second-order valence-corrected chi connectivity index (χ2v) is 10.2. The van der Waals surface area contributed by atoms with Crippen molar-refractivity contribution in [3.05, 3.63) is 81.8 Å². The first-order chi connectivity index (χ1) is 16.8. The van der Waals surface area contributed by atoms with Gasteiger partial charge in [-0.25, -0.2) is 0 Å². The van der Waals surface area contributed by atoms with Gasteiger partial charge in [0.1, 0.15) is 5.92 Å². The molecule has 2 aliphatic heterocycles. The van der Waals surface area contributed by atoms with Gasteiger partial charge in [-0.05, 0) is 80.7 Å². The van der Waals surface area contributed by atoms with Crippen molar-refractivity contribution in [3.63, 3.8) is 0 Å². The predicted octanol–water partition coefficient (Wildman–Crippen LogP) is 6.30. The highest BCUT2D eigenvalue weighted by Gasteiger charge is 2.59. The molecule has 3 aromatic rings. The Hall–Kier alpha value is -2.81. The molecule has 0 radical (unpaired) electrons. The molecule has 35 heavy (non-hydrogen) atoms. The minimum absolute atomic E-state index is 0.204. The summed E-state index contributed by atoms with van der Waals surface area (Å²) in [7, 11) is 0. The highest BCUT2D eigenvalue weighted by molar-refractivity contribution is 9.10. The van der Waals surface area contributed by atoms with E-state index in [2.05, 4.69) is 26.6 Å². The maximum atomic E-state index is 13.9. The predicted molar refractivity (Wildman–Crippen MR) is 145 cm³/mol. The SMILES string of the molecule is CCOc1cccc2c1O[C@]1(C)[C@@H](C(=O)Nc3ccc(Cl)cc3)[C@@H]2NC(=S)N1c1ccc(Br)cc1. The smallest absolute Gasteiger partial charge is 0.236 e. The van der Waals surface area contributed by atoms with E-state index in [4.69, 9.17) is 33.3 Å². The van der Waals surface area contributed by atoms with E-state index in [1.165, 1.54) is 0 Å². The number of anilines is 2. The monoisotopic (exact) mass is 571 g/mol. The highest BCUT2D eigenvalue weighted by atomic mass is 79.9. The van der Waals surface area contributed by atoms with E-state index in [1.807, 2.05) is 61.2 Å². The summed E-state index contributed by atoms with van der Waals surface area (Å²) >= 11 is 15.3. The van der Waals surface area contributed by atoms with Crippen LogP contribution in [0.4, 0.5) is 11.4 Å². The van der Waals surface area contributed by atoms with E-state index >= 15 is 0 Å². The van der Waals surface area contributed by atoms with Crippen molar-refractivity contribution in [2.24, 2.45) is 5.92 Å². The zero-order chi connectivity index (χ0) is 24.7. The number of ether oxygens (including phenoxy) is 2. The van der Waals surface area contributed by atoms with E-state index < -0.39 is 17.7 Å². The first-order valence-corrected chi connectivity index (χ1v) is 12.8. The van der Waals surface area contributed by atoms with E-state index in [1.54, 1.807) is 24.3 Å². The molecule has 0 saturated carbocycles. The first-order valence-electron chi connectivity index (χ1n) is 11.2. The average Bonchev–Trinajstić information content (AvgIpc) is 2.82. The van der Waals surface area contributed by atoms with Gasteiger partial charge in [0.05, 0.1) is 12.6 Å². The Morgan fingerprint density at radius 2 is 1.91 bits per heavy atom. The van der Waals surface area contributed by atoms with Gasteiger partial charge in [0, 0.05) is 26.4 Å². The number of para-hydroxylation sites is 1. The number of fused-ring (bicyclic) bond motifs is 4. The third-order valence-electron chi connectivity index (χ3n) is 6.27. The third kappa shape index (κ3) is 4.24. The van der Waals surface area contributed by atoms with Crippen LogP contribution in [0.3, 0.4) is 0 Å². The number of amides is 1. The number of thiocarbonyl (C=S) groups is 1. The molecule has 1 fully saturated rings. The Morgan fingerprint density at radius 3 is 2.60 bits per heavy atom. The molecule has 2 bridgehead atoms. The van der Waals surface area contributed by atoms with E-state index in [0.717, 1.165) is 15.7 Å². The van der Waals surface area contributed by atoms with Crippen molar-refractivity contribution in [3.8, 4) is 11.5 Å². The molecule has 1 amide bonds. The number of benzene rings is 3. The minimum atomic E-state index is -1.14. The zero-order valence-corrected chi connectivity index (χ0v) is 22.2. The van der Waals surface area contributed by atoms with Gasteiger partial charge in [0.15, 0.2) is 22.3 Å². The zero-order valence-electron chi connectivity index (χ0n) is 19.0. The van der Waals surface area contributed by atoms with Gasteiger partial charge in [0.2, 0.25) is 5.91 Å². The quantitative estimate of drug-likeness (QED) is 0.350. The number of carbonyl (C=O) groups excluding carboxylic acids is 1. The van der Waals surface area contributed by atoms with Crippen LogP contribution in [0.5, 0.6) is 11.5 Å². The summed E-state index contributed by atoms with van der Waals surface area (Å²) in [5.41, 5.74) is 1.13. The van der Waals surface area contributed by atoms with Crippen LogP contribution in [0.25, 0.3) is 0 Å². The summed E-state index contributed by atoms with van der Waals surface area (Å²) < 4.78 is 13.5. The van der Waals surface area contributed by atoms with Gasteiger partial charge in [-0.2, -0.15) is 0 Å². The molecule has 0 unspecified atom stereocenters. The third-order valence-corrected chi connectivity index (χ3v) is 7.35. The number of hydrogen-bond donors (Lipinski definition) is 2. The Balaban J connectivity index is 1.63. The van der Waals surface area contributed by atoms with E-state index in [0.29, 0.717) is 33.9 Å². The summed E-state index contributed by atoms with van der Waals surface area (Å²) in [6.07, 6.45) is 0. The number of halogens is 2. The number of rotatable bonds is 5. The lowest BCUT2D eigenvalue weighted by Gasteiger charge is -2.56. The van der Waals surface area contributed by atoms with Crippen LogP contribution in [0.15, 0.2) is 71.2 Å². The van der Waals surface area contributed by atoms with E-state index in [9.17, 15) is 4.79 Å². The molecule has 2 aliphatic rings. The van der Waals surface area contributed by atoms with Crippen LogP contribution in [0.1, 0.15) is 25.5 Å². The lowest BCUT2D eigenvalue weighted by molar-refractivity contribution is -0.130. The molecular weight excluding hydrogens is 550 g/mol.